The fraction of sp³-hybridized carbons (Fsp3) is 0.438. The number of aryl methyl sites for hydroxylation is 1. The lowest BCUT2D eigenvalue weighted by Gasteiger charge is -2.24. The number of aromatic nitrogens is 1. The summed E-state index contributed by atoms with van der Waals surface area (Å²) >= 11 is 1.80. The Hall–Kier alpha value is -1.39. The average molecular weight is 290 g/mol. The van der Waals surface area contributed by atoms with Crippen molar-refractivity contribution in [3.05, 3.63) is 45.4 Å². The maximum atomic E-state index is 5.47. The van der Waals surface area contributed by atoms with Crippen LogP contribution in [0.4, 0.5) is 0 Å². The predicted molar refractivity (Wildman–Crippen MR) is 84.5 cm³/mol. The molecule has 2 heterocycles. The second-order valence-corrected chi connectivity index (χ2v) is 6.13. The van der Waals surface area contributed by atoms with Crippen LogP contribution >= 0.6 is 11.3 Å². The van der Waals surface area contributed by atoms with E-state index in [1.54, 1.807) is 18.4 Å². The minimum absolute atomic E-state index is 0.392. The van der Waals surface area contributed by atoms with Gasteiger partial charge in [-0.1, -0.05) is 6.07 Å². The quantitative estimate of drug-likeness (QED) is 0.833. The van der Waals surface area contributed by atoms with Gasteiger partial charge in [0.15, 0.2) is 0 Å². The molecule has 0 spiro atoms. The number of thiophene rings is 1. The number of nitrogens with zero attached hydrogens (tertiary/aromatic N) is 2. The summed E-state index contributed by atoms with van der Waals surface area (Å²) in [5, 5.41) is 2.12. The monoisotopic (exact) mass is 290 g/mol. The Balaban J connectivity index is 2.18. The molecule has 0 saturated carbocycles. The van der Waals surface area contributed by atoms with E-state index in [1.165, 1.54) is 4.88 Å². The van der Waals surface area contributed by atoms with Crippen LogP contribution < -0.4 is 4.74 Å². The molecule has 1 unspecified atom stereocenters. The summed E-state index contributed by atoms with van der Waals surface area (Å²) in [6.07, 6.45) is 1.89. The van der Waals surface area contributed by atoms with Gasteiger partial charge in [0.05, 0.1) is 12.8 Å². The molecule has 2 aromatic heterocycles. The molecule has 0 bridgehead atoms. The molecule has 0 aliphatic heterocycles. The summed E-state index contributed by atoms with van der Waals surface area (Å²) in [5.41, 5.74) is 3.30. The maximum absolute atomic E-state index is 5.47. The zero-order valence-electron chi connectivity index (χ0n) is 12.8. The lowest BCUT2D eigenvalue weighted by Crippen LogP contribution is -2.22. The van der Waals surface area contributed by atoms with E-state index >= 15 is 0 Å². The second kappa shape index (κ2) is 6.37. The minimum Gasteiger partial charge on any atom is -0.496 e. The van der Waals surface area contributed by atoms with Crippen LogP contribution in [-0.4, -0.2) is 24.0 Å². The summed E-state index contributed by atoms with van der Waals surface area (Å²) < 4.78 is 5.47. The van der Waals surface area contributed by atoms with E-state index in [0.717, 1.165) is 29.1 Å². The lowest BCUT2D eigenvalue weighted by molar-refractivity contribution is 0.252. The van der Waals surface area contributed by atoms with E-state index < -0.39 is 0 Å². The van der Waals surface area contributed by atoms with Crippen molar-refractivity contribution < 1.29 is 4.74 Å². The third kappa shape index (κ3) is 3.02. The number of ether oxygens (including phenoxy) is 1. The second-order valence-electron chi connectivity index (χ2n) is 5.15. The Morgan fingerprint density at radius 2 is 2.15 bits per heavy atom. The van der Waals surface area contributed by atoms with Gasteiger partial charge >= 0.3 is 0 Å². The smallest absolute Gasteiger partial charge is 0.128 e. The molecule has 4 heteroatoms. The standard InChI is InChI=1S/C16H22N2OS/c1-11-9-17-14(12(2)16(11)19-5)10-18(4)13(3)15-7-6-8-20-15/h6-9,13H,10H2,1-5H3. The summed E-state index contributed by atoms with van der Waals surface area (Å²) in [7, 11) is 3.86. The molecule has 0 amide bonds. The molecule has 0 aliphatic rings. The number of rotatable bonds is 5. The van der Waals surface area contributed by atoms with Crippen LogP contribution in [0, 0.1) is 13.8 Å². The molecule has 0 radical (unpaired) electrons. The van der Waals surface area contributed by atoms with E-state index in [9.17, 15) is 0 Å². The number of pyridine rings is 1. The first-order valence-electron chi connectivity index (χ1n) is 6.77. The molecular formula is C16H22N2OS. The Kier molecular flexibility index (Phi) is 4.78. The van der Waals surface area contributed by atoms with E-state index in [-0.39, 0.29) is 0 Å². The van der Waals surface area contributed by atoms with Gasteiger partial charge in [0, 0.05) is 34.8 Å². The highest BCUT2D eigenvalue weighted by molar-refractivity contribution is 7.10. The summed E-state index contributed by atoms with van der Waals surface area (Å²) in [4.78, 5) is 8.27. The van der Waals surface area contributed by atoms with Gasteiger partial charge in [-0.3, -0.25) is 9.88 Å². The third-order valence-electron chi connectivity index (χ3n) is 3.77. The highest BCUT2D eigenvalue weighted by atomic mass is 32.1. The molecule has 2 aromatic rings. The van der Waals surface area contributed by atoms with Gasteiger partial charge < -0.3 is 4.74 Å². The first-order chi connectivity index (χ1) is 9.54. The van der Waals surface area contributed by atoms with Gasteiger partial charge in [-0.05, 0) is 39.3 Å². The average Bonchev–Trinajstić information content (AvgIpc) is 2.95. The van der Waals surface area contributed by atoms with Gasteiger partial charge in [0.1, 0.15) is 5.75 Å². The van der Waals surface area contributed by atoms with E-state index in [4.69, 9.17) is 4.74 Å². The Morgan fingerprint density at radius 3 is 2.75 bits per heavy atom. The topological polar surface area (TPSA) is 25.4 Å². The van der Waals surface area contributed by atoms with Crippen LogP contribution in [-0.2, 0) is 6.54 Å². The molecule has 108 valence electrons. The highest BCUT2D eigenvalue weighted by Gasteiger charge is 2.16. The molecule has 0 fully saturated rings. The van der Waals surface area contributed by atoms with Crippen molar-refractivity contribution >= 4 is 11.3 Å². The number of hydrogen-bond acceptors (Lipinski definition) is 4. The van der Waals surface area contributed by atoms with Gasteiger partial charge in [0.2, 0.25) is 0 Å². The lowest BCUT2D eigenvalue weighted by atomic mass is 10.1. The van der Waals surface area contributed by atoms with Crippen molar-refractivity contribution in [3.8, 4) is 5.75 Å². The Morgan fingerprint density at radius 1 is 1.40 bits per heavy atom. The molecule has 0 aliphatic carbocycles. The van der Waals surface area contributed by atoms with E-state index in [1.807, 2.05) is 13.1 Å². The van der Waals surface area contributed by atoms with Crippen LogP contribution in [0.15, 0.2) is 23.7 Å². The largest absolute Gasteiger partial charge is 0.496 e. The number of hydrogen-bond donors (Lipinski definition) is 0. The van der Waals surface area contributed by atoms with Gasteiger partial charge in [-0.2, -0.15) is 0 Å². The highest BCUT2D eigenvalue weighted by Crippen LogP contribution is 2.28. The maximum Gasteiger partial charge on any atom is 0.128 e. The van der Waals surface area contributed by atoms with Crippen molar-refractivity contribution in [2.75, 3.05) is 14.2 Å². The fourth-order valence-electron chi connectivity index (χ4n) is 2.35. The first-order valence-corrected chi connectivity index (χ1v) is 7.65. The van der Waals surface area contributed by atoms with Crippen LogP contribution in [0.25, 0.3) is 0 Å². The van der Waals surface area contributed by atoms with Crippen LogP contribution in [0.1, 0.15) is 34.7 Å². The molecule has 2 rings (SSSR count). The molecule has 20 heavy (non-hydrogen) atoms. The molecule has 1 atom stereocenters. The molecule has 0 N–H and O–H groups in total. The summed E-state index contributed by atoms with van der Waals surface area (Å²) in [6, 6.07) is 4.67. The van der Waals surface area contributed by atoms with Crippen molar-refractivity contribution in [2.24, 2.45) is 0 Å². The molecule has 0 aromatic carbocycles. The third-order valence-corrected chi connectivity index (χ3v) is 4.81. The first kappa shape index (κ1) is 15.0. The summed E-state index contributed by atoms with van der Waals surface area (Å²) in [6.45, 7) is 7.16. The summed E-state index contributed by atoms with van der Waals surface area (Å²) in [5.74, 6) is 0.951. The van der Waals surface area contributed by atoms with Crippen molar-refractivity contribution in [2.45, 2.75) is 33.4 Å². The SMILES string of the molecule is COc1c(C)cnc(CN(C)C(C)c2cccs2)c1C. The van der Waals surface area contributed by atoms with Crippen LogP contribution in [0.3, 0.4) is 0 Å². The van der Waals surface area contributed by atoms with E-state index in [0.29, 0.717) is 6.04 Å². The Labute approximate surface area is 125 Å². The van der Waals surface area contributed by atoms with Crippen molar-refractivity contribution in [1.29, 1.82) is 0 Å². The van der Waals surface area contributed by atoms with Crippen molar-refractivity contribution in [3.63, 3.8) is 0 Å². The van der Waals surface area contributed by atoms with Gasteiger partial charge in [-0.25, -0.2) is 0 Å². The van der Waals surface area contributed by atoms with E-state index in [2.05, 4.69) is 48.3 Å². The van der Waals surface area contributed by atoms with Crippen LogP contribution in [0.2, 0.25) is 0 Å². The molecular weight excluding hydrogens is 268 g/mol. The molecule has 3 nitrogen and oxygen atoms in total. The Bertz CT molecular complexity index is 566. The number of methoxy groups -OCH3 is 1. The van der Waals surface area contributed by atoms with Gasteiger partial charge in [0.25, 0.3) is 0 Å². The van der Waals surface area contributed by atoms with Gasteiger partial charge in [-0.15, -0.1) is 11.3 Å². The fourth-order valence-corrected chi connectivity index (χ4v) is 3.20. The zero-order chi connectivity index (χ0) is 14.7. The normalized spacial score (nSPS) is 12.7. The predicted octanol–water partition coefficient (Wildman–Crippen LogP) is 3.96. The zero-order valence-corrected chi connectivity index (χ0v) is 13.6. The van der Waals surface area contributed by atoms with Crippen molar-refractivity contribution in [1.82, 2.24) is 9.88 Å². The molecule has 0 saturated heterocycles. The minimum atomic E-state index is 0.392. The van der Waals surface area contributed by atoms with Crippen LogP contribution in [0.5, 0.6) is 5.75 Å².